The summed E-state index contributed by atoms with van der Waals surface area (Å²) in [4.78, 5) is 38.4. The number of carbonyl (C=O) groups excluding carboxylic acids is 3. The van der Waals surface area contributed by atoms with E-state index in [1.165, 1.54) is 6.08 Å². The summed E-state index contributed by atoms with van der Waals surface area (Å²) in [6.45, 7) is 1.94. The number of benzene rings is 2. The maximum absolute atomic E-state index is 12.9. The molecule has 0 unspecified atom stereocenters. The average Bonchev–Trinajstić information content (AvgIpc) is 2.60. The van der Waals surface area contributed by atoms with Gasteiger partial charge in [0.05, 0.1) is 5.69 Å². The van der Waals surface area contributed by atoms with E-state index in [0.717, 1.165) is 19.6 Å². The van der Waals surface area contributed by atoms with E-state index < -0.39 is 17.8 Å². The van der Waals surface area contributed by atoms with Crippen molar-refractivity contribution in [2.24, 2.45) is 0 Å². The van der Waals surface area contributed by atoms with E-state index in [1.807, 2.05) is 43.3 Å². The van der Waals surface area contributed by atoms with Gasteiger partial charge in [0.15, 0.2) is 0 Å². The third-order valence-electron chi connectivity index (χ3n) is 3.92. The first-order chi connectivity index (χ1) is 12.0. The van der Waals surface area contributed by atoms with Gasteiger partial charge in [0, 0.05) is 3.57 Å². The van der Waals surface area contributed by atoms with Crippen LogP contribution in [0.4, 0.5) is 10.5 Å². The lowest BCUT2D eigenvalue weighted by molar-refractivity contribution is -0.122. The van der Waals surface area contributed by atoms with Crippen LogP contribution >= 0.6 is 22.6 Å². The van der Waals surface area contributed by atoms with Crippen LogP contribution in [0.1, 0.15) is 18.1 Å². The molecule has 126 valence electrons. The zero-order valence-corrected chi connectivity index (χ0v) is 15.6. The van der Waals surface area contributed by atoms with Crippen LogP contribution in [0.2, 0.25) is 0 Å². The maximum Gasteiger partial charge on any atom is 0.335 e. The minimum Gasteiger partial charge on any atom is -0.273 e. The van der Waals surface area contributed by atoms with E-state index in [0.29, 0.717) is 12.1 Å². The number of barbiturate groups is 1. The molecule has 1 saturated heterocycles. The highest BCUT2D eigenvalue weighted by atomic mass is 127. The molecule has 0 radical (unpaired) electrons. The quantitative estimate of drug-likeness (QED) is 0.446. The normalized spacial score (nSPS) is 16.3. The molecule has 6 heteroatoms. The minimum atomic E-state index is -0.726. The van der Waals surface area contributed by atoms with Crippen molar-refractivity contribution in [1.82, 2.24) is 5.32 Å². The van der Waals surface area contributed by atoms with Gasteiger partial charge >= 0.3 is 6.03 Å². The van der Waals surface area contributed by atoms with Crippen LogP contribution in [0.15, 0.2) is 54.1 Å². The molecule has 5 nitrogen and oxygen atoms in total. The van der Waals surface area contributed by atoms with Gasteiger partial charge in [0.25, 0.3) is 11.8 Å². The third kappa shape index (κ3) is 3.34. The lowest BCUT2D eigenvalue weighted by Gasteiger charge is -2.28. The van der Waals surface area contributed by atoms with Gasteiger partial charge in [-0.25, -0.2) is 9.69 Å². The Bertz CT molecular complexity index is 905. The van der Waals surface area contributed by atoms with Gasteiger partial charge in [0.2, 0.25) is 0 Å². The smallest absolute Gasteiger partial charge is 0.273 e. The predicted octanol–water partition coefficient (Wildman–Crippen LogP) is 3.52. The summed E-state index contributed by atoms with van der Waals surface area (Å²) < 4.78 is 0.908. The van der Waals surface area contributed by atoms with E-state index in [9.17, 15) is 14.4 Å². The number of halogens is 1. The monoisotopic (exact) mass is 446 g/mol. The molecule has 0 bridgehead atoms. The summed E-state index contributed by atoms with van der Waals surface area (Å²) in [5, 5.41) is 2.26. The molecular formula is C19H15IN2O3. The van der Waals surface area contributed by atoms with E-state index >= 15 is 0 Å². The van der Waals surface area contributed by atoms with Crippen LogP contribution in [0.3, 0.4) is 0 Å². The second-order valence-corrected chi connectivity index (χ2v) is 6.62. The van der Waals surface area contributed by atoms with Crippen molar-refractivity contribution in [2.45, 2.75) is 13.3 Å². The first kappa shape index (κ1) is 17.3. The molecule has 1 N–H and O–H groups in total. The molecular weight excluding hydrogens is 431 g/mol. The molecule has 2 aromatic rings. The summed E-state index contributed by atoms with van der Waals surface area (Å²) in [6, 6.07) is 13.8. The molecule has 1 fully saturated rings. The van der Waals surface area contributed by atoms with Crippen LogP contribution in [0, 0.1) is 3.57 Å². The van der Waals surface area contributed by atoms with Gasteiger partial charge in [-0.15, -0.1) is 0 Å². The number of hydrogen-bond acceptors (Lipinski definition) is 3. The first-order valence-corrected chi connectivity index (χ1v) is 8.84. The minimum absolute atomic E-state index is 0.0605. The molecule has 4 amide bonds. The highest BCUT2D eigenvalue weighted by Crippen LogP contribution is 2.26. The van der Waals surface area contributed by atoms with Crippen LogP contribution in [0.25, 0.3) is 6.08 Å². The van der Waals surface area contributed by atoms with Crippen molar-refractivity contribution < 1.29 is 14.4 Å². The molecule has 2 aromatic carbocycles. The van der Waals surface area contributed by atoms with E-state index in [1.54, 1.807) is 12.1 Å². The van der Waals surface area contributed by atoms with E-state index in [2.05, 4.69) is 27.9 Å². The Morgan fingerprint density at radius 2 is 1.72 bits per heavy atom. The molecule has 1 aliphatic heterocycles. The molecule has 1 heterocycles. The summed E-state index contributed by atoms with van der Waals surface area (Å²) in [6.07, 6.45) is 2.18. The summed E-state index contributed by atoms with van der Waals surface area (Å²) in [5.41, 5.74) is 2.04. The fraction of sp³-hybridized carbons (Fsp3) is 0.105. The molecule has 0 aliphatic carbocycles. The highest BCUT2D eigenvalue weighted by Gasteiger charge is 2.37. The Morgan fingerprint density at radius 1 is 1.04 bits per heavy atom. The number of imide groups is 2. The molecule has 0 aromatic heterocycles. The second kappa shape index (κ2) is 7.18. The second-order valence-electron chi connectivity index (χ2n) is 5.46. The van der Waals surface area contributed by atoms with Gasteiger partial charge in [-0.2, -0.15) is 0 Å². The fourth-order valence-corrected chi connectivity index (χ4v) is 3.19. The van der Waals surface area contributed by atoms with E-state index in [4.69, 9.17) is 0 Å². The lowest BCUT2D eigenvalue weighted by atomic mass is 10.0. The molecule has 0 saturated carbocycles. The van der Waals surface area contributed by atoms with Gasteiger partial charge < -0.3 is 0 Å². The molecule has 3 rings (SSSR count). The number of nitrogens with one attached hydrogen (secondary N) is 1. The molecule has 0 spiro atoms. The number of urea groups is 1. The van der Waals surface area contributed by atoms with E-state index in [-0.39, 0.29) is 5.57 Å². The van der Waals surface area contributed by atoms with Crippen molar-refractivity contribution in [3.63, 3.8) is 0 Å². The van der Waals surface area contributed by atoms with Crippen LogP contribution < -0.4 is 10.2 Å². The Morgan fingerprint density at radius 3 is 2.44 bits per heavy atom. The molecule has 25 heavy (non-hydrogen) atoms. The Hall–Kier alpha value is -2.48. The zero-order valence-electron chi connectivity index (χ0n) is 13.5. The zero-order chi connectivity index (χ0) is 18.0. The number of amides is 4. The summed E-state index contributed by atoms with van der Waals surface area (Å²) in [5.74, 6) is -1.30. The number of para-hydroxylation sites is 1. The van der Waals surface area contributed by atoms with Crippen molar-refractivity contribution in [1.29, 1.82) is 0 Å². The van der Waals surface area contributed by atoms with Gasteiger partial charge in [-0.05, 0) is 58.3 Å². The number of rotatable bonds is 3. The number of nitrogens with zero attached hydrogens (tertiary/aromatic N) is 1. The topological polar surface area (TPSA) is 66.5 Å². The number of hydrogen-bond donors (Lipinski definition) is 1. The van der Waals surface area contributed by atoms with Crippen LogP contribution in [0.5, 0.6) is 0 Å². The Labute approximate surface area is 158 Å². The van der Waals surface area contributed by atoms with Crippen molar-refractivity contribution >= 4 is 52.2 Å². The van der Waals surface area contributed by atoms with Crippen LogP contribution in [-0.2, 0) is 16.0 Å². The maximum atomic E-state index is 12.9. The Balaban J connectivity index is 2.08. The van der Waals surface area contributed by atoms with Gasteiger partial charge in [-0.1, -0.05) is 43.3 Å². The number of aryl methyl sites for hydroxylation is 1. The molecule has 1 aliphatic rings. The predicted molar refractivity (Wildman–Crippen MR) is 104 cm³/mol. The standard InChI is InChI=1S/C19H15IN2O3/c1-2-12-7-4-6-10-16(12)22-18(24)14(17(23)21-19(22)25)11-13-8-3-5-9-15(13)20/h3-11H,2H2,1H3,(H,21,23,25)/b14-11+. The summed E-state index contributed by atoms with van der Waals surface area (Å²) >= 11 is 2.13. The fourth-order valence-electron chi connectivity index (χ4n) is 2.65. The Kier molecular flexibility index (Phi) is 4.98. The average molecular weight is 446 g/mol. The van der Waals surface area contributed by atoms with Gasteiger partial charge in [-0.3, -0.25) is 14.9 Å². The number of anilines is 1. The first-order valence-electron chi connectivity index (χ1n) is 7.76. The van der Waals surface area contributed by atoms with Crippen molar-refractivity contribution in [2.75, 3.05) is 4.90 Å². The SMILES string of the molecule is CCc1ccccc1N1C(=O)NC(=O)/C(=C\c2ccccc2I)C1=O. The van der Waals surface area contributed by atoms with Crippen molar-refractivity contribution in [3.05, 3.63) is 68.8 Å². The van der Waals surface area contributed by atoms with Gasteiger partial charge in [0.1, 0.15) is 5.57 Å². The molecule has 0 atom stereocenters. The summed E-state index contributed by atoms with van der Waals surface area (Å²) in [7, 11) is 0. The highest BCUT2D eigenvalue weighted by molar-refractivity contribution is 14.1. The lowest BCUT2D eigenvalue weighted by Crippen LogP contribution is -2.54. The largest absolute Gasteiger partial charge is 0.335 e. The van der Waals surface area contributed by atoms with Crippen molar-refractivity contribution in [3.8, 4) is 0 Å². The number of carbonyl (C=O) groups is 3. The third-order valence-corrected chi connectivity index (χ3v) is 4.90. The van der Waals surface area contributed by atoms with Crippen LogP contribution in [-0.4, -0.2) is 17.8 Å².